The Morgan fingerprint density at radius 1 is 0.914 bits per heavy atom. The van der Waals surface area contributed by atoms with E-state index >= 15 is 0 Å². The number of aromatic nitrogens is 1. The molecular formula is C25H17N3O5S2. The normalized spacial score (nSPS) is 11.3. The standard InChI is InChI=1S/C25H17N3O5S2/c29-23(16-10-12-18(13-11-16)28-35(31,32)19-7-2-1-3-8-19)27-25-26-21(15-34-25)20-14-17-6-4-5-9-22(17)33-24(20)30/h1-15,28H,(H,26,27,29). The summed E-state index contributed by atoms with van der Waals surface area (Å²) in [6, 6.07) is 22.9. The van der Waals surface area contributed by atoms with Crippen LogP contribution in [-0.2, 0) is 10.0 Å². The lowest BCUT2D eigenvalue weighted by molar-refractivity contribution is 0.102. The Morgan fingerprint density at radius 3 is 2.40 bits per heavy atom. The molecule has 5 rings (SSSR count). The van der Waals surface area contributed by atoms with E-state index < -0.39 is 21.6 Å². The van der Waals surface area contributed by atoms with Crippen LogP contribution in [0.25, 0.3) is 22.2 Å². The maximum Gasteiger partial charge on any atom is 0.345 e. The number of amides is 1. The minimum atomic E-state index is -3.73. The van der Waals surface area contributed by atoms with Gasteiger partial charge in [-0.25, -0.2) is 18.2 Å². The van der Waals surface area contributed by atoms with E-state index in [1.165, 1.54) is 47.7 Å². The molecule has 2 heterocycles. The summed E-state index contributed by atoms with van der Waals surface area (Å²) in [5.41, 5.74) is 1.31. The van der Waals surface area contributed by atoms with Gasteiger partial charge in [0, 0.05) is 22.0 Å². The van der Waals surface area contributed by atoms with Crippen molar-refractivity contribution in [2.45, 2.75) is 4.90 Å². The molecule has 35 heavy (non-hydrogen) atoms. The van der Waals surface area contributed by atoms with Crippen LogP contribution in [0.4, 0.5) is 10.8 Å². The molecule has 0 radical (unpaired) electrons. The third-order valence-electron chi connectivity index (χ3n) is 5.09. The van der Waals surface area contributed by atoms with Gasteiger partial charge in [0.05, 0.1) is 16.2 Å². The zero-order valence-electron chi connectivity index (χ0n) is 18.0. The van der Waals surface area contributed by atoms with Gasteiger partial charge in [0.25, 0.3) is 15.9 Å². The van der Waals surface area contributed by atoms with Crippen LogP contribution in [0.5, 0.6) is 0 Å². The van der Waals surface area contributed by atoms with Gasteiger partial charge >= 0.3 is 5.63 Å². The molecule has 0 unspecified atom stereocenters. The zero-order chi connectivity index (χ0) is 24.4. The zero-order valence-corrected chi connectivity index (χ0v) is 19.6. The smallest absolute Gasteiger partial charge is 0.345 e. The average Bonchev–Trinajstić information content (AvgIpc) is 3.32. The molecule has 8 nitrogen and oxygen atoms in total. The molecule has 1 amide bonds. The summed E-state index contributed by atoms with van der Waals surface area (Å²) in [7, 11) is -3.73. The first-order valence-corrected chi connectivity index (χ1v) is 12.7. The second-order valence-corrected chi connectivity index (χ2v) is 10.0. The molecule has 0 saturated carbocycles. The molecule has 174 valence electrons. The number of carbonyl (C=O) groups is 1. The van der Waals surface area contributed by atoms with Crippen molar-refractivity contribution >= 4 is 49.1 Å². The van der Waals surface area contributed by atoms with E-state index in [0.29, 0.717) is 33.2 Å². The van der Waals surface area contributed by atoms with Gasteiger partial charge < -0.3 is 4.42 Å². The van der Waals surface area contributed by atoms with Gasteiger partial charge in [-0.2, -0.15) is 0 Å². The van der Waals surface area contributed by atoms with E-state index in [2.05, 4.69) is 15.0 Å². The number of rotatable bonds is 6. The highest BCUT2D eigenvalue weighted by Gasteiger charge is 2.16. The molecule has 10 heteroatoms. The van der Waals surface area contributed by atoms with Crippen LogP contribution in [0.15, 0.2) is 104 Å². The predicted octanol–water partition coefficient (Wildman–Crippen LogP) is 4.97. The third-order valence-corrected chi connectivity index (χ3v) is 7.25. The molecule has 0 fully saturated rings. The van der Waals surface area contributed by atoms with E-state index in [-0.39, 0.29) is 4.90 Å². The number of nitrogens with zero attached hydrogens (tertiary/aromatic N) is 1. The summed E-state index contributed by atoms with van der Waals surface area (Å²) in [4.78, 5) is 29.5. The highest BCUT2D eigenvalue weighted by molar-refractivity contribution is 7.92. The van der Waals surface area contributed by atoms with Crippen molar-refractivity contribution in [3.05, 3.63) is 106 Å². The van der Waals surface area contributed by atoms with Crippen molar-refractivity contribution in [3.63, 3.8) is 0 Å². The van der Waals surface area contributed by atoms with Gasteiger partial charge in [0.15, 0.2) is 5.13 Å². The van der Waals surface area contributed by atoms with Crippen LogP contribution in [-0.4, -0.2) is 19.3 Å². The number of fused-ring (bicyclic) bond motifs is 1. The molecule has 0 aliphatic heterocycles. The number of nitrogens with one attached hydrogen (secondary N) is 2. The summed E-state index contributed by atoms with van der Waals surface area (Å²) in [6.45, 7) is 0. The predicted molar refractivity (Wildman–Crippen MR) is 135 cm³/mol. The topological polar surface area (TPSA) is 118 Å². The first kappa shape index (κ1) is 22.5. The first-order valence-electron chi connectivity index (χ1n) is 10.4. The van der Waals surface area contributed by atoms with Gasteiger partial charge in [0.1, 0.15) is 5.58 Å². The van der Waals surface area contributed by atoms with Crippen molar-refractivity contribution in [2.75, 3.05) is 10.0 Å². The molecule has 2 N–H and O–H groups in total. The maximum atomic E-state index is 12.7. The first-order chi connectivity index (χ1) is 16.9. The maximum absolute atomic E-state index is 12.7. The van der Waals surface area contributed by atoms with E-state index in [9.17, 15) is 18.0 Å². The van der Waals surface area contributed by atoms with Crippen LogP contribution in [0, 0.1) is 0 Å². The largest absolute Gasteiger partial charge is 0.422 e. The van der Waals surface area contributed by atoms with E-state index in [4.69, 9.17) is 4.42 Å². The molecule has 0 bridgehead atoms. The van der Waals surface area contributed by atoms with E-state index in [0.717, 1.165) is 5.39 Å². The van der Waals surface area contributed by atoms with Crippen molar-refractivity contribution in [1.82, 2.24) is 4.98 Å². The Kier molecular flexibility index (Phi) is 5.89. The van der Waals surface area contributed by atoms with Gasteiger partial charge in [-0.05, 0) is 48.5 Å². The van der Waals surface area contributed by atoms with Crippen LogP contribution >= 0.6 is 11.3 Å². The fraction of sp³-hybridized carbons (Fsp3) is 0. The minimum Gasteiger partial charge on any atom is -0.422 e. The number of para-hydroxylation sites is 1. The molecule has 2 aromatic heterocycles. The summed E-state index contributed by atoms with van der Waals surface area (Å²) in [5.74, 6) is -0.422. The van der Waals surface area contributed by atoms with Gasteiger partial charge in [-0.15, -0.1) is 11.3 Å². The van der Waals surface area contributed by atoms with E-state index in [1.54, 1.807) is 41.8 Å². The van der Waals surface area contributed by atoms with Crippen LogP contribution in [0.1, 0.15) is 10.4 Å². The lowest BCUT2D eigenvalue weighted by Gasteiger charge is -2.08. The molecule has 0 aliphatic rings. The molecule has 0 atom stereocenters. The number of sulfonamides is 1. The molecule has 5 aromatic rings. The summed E-state index contributed by atoms with van der Waals surface area (Å²) < 4.78 is 32.7. The van der Waals surface area contributed by atoms with Crippen molar-refractivity contribution < 1.29 is 17.6 Å². The number of carbonyl (C=O) groups excluding carboxylic acids is 1. The van der Waals surface area contributed by atoms with Gasteiger partial charge in [0.2, 0.25) is 0 Å². The number of thiazole rings is 1. The van der Waals surface area contributed by atoms with Crippen LogP contribution in [0.3, 0.4) is 0 Å². The molecule has 0 saturated heterocycles. The summed E-state index contributed by atoms with van der Waals surface area (Å²) in [6.07, 6.45) is 0. The Morgan fingerprint density at radius 2 is 1.63 bits per heavy atom. The SMILES string of the molecule is O=C(Nc1nc(-c2cc3ccccc3oc2=O)cs1)c1ccc(NS(=O)(=O)c2ccccc2)cc1. The Bertz CT molecular complexity index is 1690. The second-order valence-electron chi connectivity index (χ2n) is 7.47. The number of anilines is 2. The van der Waals surface area contributed by atoms with Crippen molar-refractivity contribution in [2.24, 2.45) is 0 Å². The van der Waals surface area contributed by atoms with Crippen LogP contribution in [0.2, 0.25) is 0 Å². The van der Waals surface area contributed by atoms with E-state index in [1.807, 2.05) is 12.1 Å². The monoisotopic (exact) mass is 503 g/mol. The van der Waals surface area contributed by atoms with Gasteiger partial charge in [-0.1, -0.05) is 36.4 Å². The Hall–Kier alpha value is -4.28. The third kappa shape index (κ3) is 4.84. The molecular weight excluding hydrogens is 486 g/mol. The summed E-state index contributed by atoms with van der Waals surface area (Å²) >= 11 is 1.17. The Balaban J connectivity index is 1.30. The molecule has 0 spiro atoms. The Labute approximate surface area is 203 Å². The molecule has 0 aliphatic carbocycles. The number of hydrogen-bond acceptors (Lipinski definition) is 7. The quantitative estimate of drug-likeness (QED) is 0.316. The fourth-order valence-corrected chi connectivity index (χ4v) is 5.15. The van der Waals surface area contributed by atoms with Gasteiger partial charge in [-0.3, -0.25) is 14.8 Å². The number of hydrogen-bond donors (Lipinski definition) is 2. The minimum absolute atomic E-state index is 0.141. The highest BCUT2D eigenvalue weighted by atomic mass is 32.2. The second kappa shape index (κ2) is 9.16. The lowest BCUT2D eigenvalue weighted by Crippen LogP contribution is -2.14. The van der Waals surface area contributed by atoms with Crippen molar-refractivity contribution in [3.8, 4) is 11.3 Å². The summed E-state index contributed by atoms with van der Waals surface area (Å²) in [5, 5.41) is 5.44. The van der Waals surface area contributed by atoms with Crippen LogP contribution < -0.4 is 15.7 Å². The number of benzene rings is 3. The molecule has 3 aromatic carbocycles. The fourth-order valence-electron chi connectivity index (χ4n) is 3.37. The highest BCUT2D eigenvalue weighted by Crippen LogP contribution is 2.26. The van der Waals surface area contributed by atoms with Crippen molar-refractivity contribution in [1.29, 1.82) is 0 Å². The lowest BCUT2D eigenvalue weighted by atomic mass is 10.1. The average molecular weight is 504 g/mol.